The molecular formula is C22H20FN7O2S. The molecule has 9 nitrogen and oxygen atoms in total. The van der Waals surface area contributed by atoms with Gasteiger partial charge in [0.05, 0.1) is 17.7 Å². The van der Waals surface area contributed by atoms with E-state index in [0.717, 1.165) is 0 Å². The van der Waals surface area contributed by atoms with Crippen LogP contribution < -0.4 is 11.1 Å². The Morgan fingerprint density at radius 2 is 2.06 bits per heavy atom. The van der Waals surface area contributed by atoms with Crippen LogP contribution in [0.15, 0.2) is 54.6 Å². The predicted octanol–water partition coefficient (Wildman–Crippen LogP) is 3.02. The van der Waals surface area contributed by atoms with Gasteiger partial charge in [-0.3, -0.25) is 14.9 Å². The number of rotatable bonds is 9. The number of thiazole rings is 1. The van der Waals surface area contributed by atoms with Gasteiger partial charge in [-0.1, -0.05) is 0 Å². The Kier molecular flexibility index (Phi) is 6.69. The topological polar surface area (TPSA) is 121 Å². The summed E-state index contributed by atoms with van der Waals surface area (Å²) in [7, 11) is 0. The molecule has 0 bridgehead atoms. The summed E-state index contributed by atoms with van der Waals surface area (Å²) in [6.07, 6.45) is 10.4. The van der Waals surface area contributed by atoms with Crippen LogP contribution >= 0.6 is 11.3 Å². The van der Waals surface area contributed by atoms with Crippen LogP contribution in [0.1, 0.15) is 33.9 Å². The molecule has 4 aromatic heterocycles. The van der Waals surface area contributed by atoms with Gasteiger partial charge in [0, 0.05) is 43.5 Å². The van der Waals surface area contributed by atoms with Gasteiger partial charge < -0.3 is 14.9 Å². The summed E-state index contributed by atoms with van der Waals surface area (Å²) in [4.78, 5) is 35.8. The monoisotopic (exact) mass is 465 g/mol. The predicted molar refractivity (Wildman–Crippen MR) is 123 cm³/mol. The third-order valence-corrected chi connectivity index (χ3v) is 5.42. The first-order valence-electron chi connectivity index (χ1n) is 9.97. The molecule has 0 saturated carbocycles. The first-order chi connectivity index (χ1) is 16.0. The molecule has 0 fully saturated rings. The number of anilines is 1. The van der Waals surface area contributed by atoms with E-state index in [-0.39, 0.29) is 18.2 Å². The number of nitrogens with zero attached hydrogens (tertiary/aromatic N) is 5. The number of aryl methyl sites for hydroxylation is 1. The molecular weight excluding hydrogens is 445 g/mol. The molecule has 4 rings (SSSR count). The Bertz CT molecular complexity index is 1310. The third kappa shape index (κ3) is 5.98. The van der Waals surface area contributed by atoms with Gasteiger partial charge in [0.25, 0.3) is 5.91 Å². The van der Waals surface area contributed by atoms with E-state index in [1.165, 1.54) is 23.6 Å². The van der Waals surface area contributed by atoms with Crippen molar-refractivity contribution in [3.05, 3.63) is 83.2 Å². The van der Waals surface area contributed by atoms with Crippen molar-refractivity contribution < 1.29 is 14.0 Å². The highest BCUT2D eigenvalue weighted by Gasteiger charge is 2.13. The van der Waals surface area contributed by atoms with E-state index in [2.05, 4.69) is 20.3 Å². The number of imidazole rings is 1. The molecule has 4 aromatic rings. The van der Waals surface area contributed by atoms with Crippen LogP contribution in [0.5, 0.6) is 0 Å². The van der Waals surface area contributed by atoms with Crippen molar-refractivity contribution in [3.8, 4) is 0 Å². The second kappa shape index (κ2) is 10.0. The summed E-state index contributed by atoms with van der Waals surface area (Å²) >= 11 is 1.30. The second-order valence-corrected chi connectivity index (χ2v) is 7.98. The van der Waals surface area contributed by atoms with Gasteiger partial charge in [-0.25, -0.2) is 15.0 Å². The average Bonchev–Trinajstić information content (AvgIpc) is 3.52. The Morgan fingerprint density at radius 1 is 1.21 bits per heavy atom. The van der Waals surface area contributed by atoms with Gasteiger partial charge in [0.2, 0.25) is 11.9 Å². The van der Waals surface area contributed by atoms with Crippen molar-refractivity contribution in [1.29, 1.82) is 0 Å². The number of carbonyl (C=O) groups excluding carboxylic acids is 2. The van der Waals surface area contributed by atoms with Crippen LogP contribution in [-0.2, 0) is 17.9 Å². The van der Waals surface area contributed by atoms with E-state index in [4.69, 9.17) is 5.73 Å². The van der Waals surface area contributed by atoms with Crippen LogP contribution in [0.3, 0.4) is 0 Å². The quantitative estimate of drug-likeness (QED) is 0.368. The maximum atomic E-state index is 13.3. The molecule has 2 amide bonds. The average molecular weight is 466 g/mol. The minimum absolute atomic E-state index is 0.248. The minimum Gasteiger partial charge on any atom is -0.370 e. The van der Waals surface area contributed by atoms with Crippen LogP contribution in [0, 0.1) is 5.95 Å². The standard InChI is InChI=1S/C22H20FN7O2S/c23-19-10-15(5-7-25-19)11-30-8-1-2-18(30)21(32)28-22-27-17(13-33-22)4-3-16-12-29(14-26-16)9-6-20(24)31/h1-5,7-8,10,12-14H,6,9,11H2,(H2,24,31)(H,27,28,32). The van der Waals surface area contributed by atoms with Crippen LogP contribution in [-0.4, -0.2) is 35.9 Å². The zero-order valence-corrected chi connectivity index (χ0v) is 18.2. The highest BCUT2D eigenvalue weighted by atomic mass is 32.1. The van der Waals surface area contributed by atoms with E-state index < -0.39 is 5.95 Å². The lowest BCUT2D eigenvalue weighted by molar-refractivity contribution is -0.118. The number of hydrogen-bond acceptors (Lipinski definition) is 6. The van der Waals surface area contributed by atoms with Gasteiger partial charge in [0.15, 0.2) is 5.13 Å². The lowest BCUT2D eigenvalue weighted by atomic mass is 10.2. The Labute approximate surface area is 192 Å². The SMILES string of the molecule is NC(=O)CCn1cnc(C=Cc2csc(NC(=O)c3cccn3Cc3ccnc(F)c3)n2)c1. The van der Waals surface area contributed by atoms with Crippen LogP contribution in [0.4, 0.5) is 9.52 Å². The van der Waals surface area contributed by atoms with Crippen LogP contribution in [0.25, 0.3) is 12.2 Å². The highest BCUT2D eigenvalue weighted by molar-refractivity contribution is 7.14. The largest absolute Gasteiger partial charge is 0.370 e. The highest BCUT2D eigenvalue weighted by Crippen LogP contribution is 2.19. The van der Waals surface area contributed by atoms with E-state index in [1.54, 1.807) is 58.2 Å². The first-order valence-corrected chi connectivity index (χ1v) is 10.8. The number of aromatic nitrogens is 5. The summed E-state index contributed by atoms with van der Waals surface area (Å²) in [5, 5.41) is 5.06. The number of amides is 2. The maximum Gasteiger partial charge on any atom is 0.274 e. The normalized spacial score (nSPS) is 11.2. The number of carbonyl (C=O) groups is 2. The molecule has 0 saturated heterocycles. The van der Waals surface area contributed by atoms with Gasteiger partial charge in [0.1, 0.15) is 5.69 Å². The number of primary amides is 1. The molecule has 168 valence electrons. The molecule has 0 spiro atoms. The van der Waals surface area contributed by atoms with E-state index >= 15 is 0 Å². The van der Waals surface area contributed by atoms with E-state index in [1.807, 2.05) is 5.38 Å². The fourth-order valence-electron chi connectivity index (χ4n) is 3.07. The summed E-state index contributed by atoms with van der Waals surface area (Å²) < 4.78 is 16.9. The molecule has 4 heterocycles. The Balaban J connectivity index is 1.37. The van der Waals surface area contributed by atoms with Gasteiger partial charge >= 0.3 is 0 Å². The fourth-order valence-corrected chi connectivity index (χ4v) is 3.75. The molecule has 0 atom stereocenters. The molecule has 11 heteroatoms. The summed E-state index contributed by atoms with van der Waals surface area (Å²) in [5.74, 6) is -1.24. The lowest BCUT2D eigenvalue weighted by Crippen LogP contribution is -2.17. The molecule has 0 aromatic carbocycles. The van der Waals surface area contributed by atoms with E-state index in [0.29, 0.717) is 40.9 Å². The van der Waals surface area contributed by atoms with Crippen molar-refractivity contribution in [2.24, 2.45) is 5.73 Å². The smallest absolute Gasteiger partial charge is 0.274 e. The van der Waals surface area contributed by atoms with Crippen LogP contribution in [0.2, 0.25) is 0 Å². The Morgan fingerprint density at radius 3 is 2.88 bits per heavy atom. The van der Waals surface area contributed by atoms with Gasteiger partial charge in [-0.2, -0.15) is 4.39 Å². The van der Waals surface area contributed by atoms with Gasteiger partial charge in [-0.15, -0.1) is 11.3 Å². The van der Waals surface area contributed by atoms with Gasteiger partial charge in [-0.05, 0) is 42.0 Å². The molecule has 33 heavy (non-hydrogen) atoms. The number of halogens is 1. The second-order valence-electron chi connectivity index (χ2n) is 7.13. The van der Waals surface area contributed by atoms with Crippen molar-refractivity contribution in [2.75, 3.05) is 5.32 Å². The lowest BCUT2D eigenvalue weighted by Gasteiger charge is -2.09. The number of pyridine rings is 1. The number of nitrogens with one attached hydrogen (secondary N) is 1. The molecule has 0 aliphatic rings. The maximum absolute atomic E-state index is 13.3. The molecule has 0 radical (unpaired) electrons. The summed E-state index contributed by atoms with van der Waals surface area (Å²) in [6.45, 7) is 0.814. The molecule has 0 unspecified atom stereocenters. The third-order valence-electron chi connectivity index (χ3n) is 4.64. The Hall–Kier alpha value is -4.12. The zero-order chi connectivity index (χ0) is 23.2. The van der Waals surface area contributed by atoms with Crippen molar-refractivity contribution in [2.45, 2.75) is 19.5 Å². The number of nitrogens with two attached hydrogens (primary N) is 1. The van der Waals surface area contributed by atoms with E-state index in [9.17, 15) is 14.0 Å². The zero-order valence-electron chi connectivity index (χ0n) is 17.4. The number of hydrogen-bond donors (Lipinski definition) is 2. The fraction of sp³-hybridized carbons (Fsp3) is 0.136. The molecule has 3 N–H and O–H groups in total. The van der Waals surface area contributed by atoms with Crippen molar-refractivity contribution in [1.82, 2.24) is 24.1 Å². The molecule has 0 aliphatic heterocycles. The minimum atomic E-state index is -0.563. The summed E-state index contributed by atoms with van der Waals surface area (Å²) in [6, 6.07) is 6.48. The molecule has 0 aliphatic carbocycles. The summed E-state index contributed by atoms with van der Waals surface area (Å²) in [5.41, 5.74) is 7.67. The van der Waals surface area contributed by atoms with Crippen molar-refractivity contribution >= 4 is 40.4 Å². The first kappa shape index (κ1) is 22.1. The van der Waals surface area contributed by atoms with Crippen molar-refractivity contribution in [3.63, 3.8) is 0 Å².